The van der Waals surface area contributed by atoms with E-state index in [2.05, 4.69) is 10.1 Å². The number of halogens is 3. The largest absolute Gasteiger partial charge is 0.522 e. The fourth-order valence-corrected chi connectivity index (χ4v) is 2.16. The maximum Gasteiger partial charge on any atom is 0.522 e. The highest BCUT2D eigenvalue weighted by molar-refractivity contribution is 5.99. The molecule has 1 unspecified atom stereocenters. The van der Waals surface area contributed by atoms with E-state index in [9.17, 15) is 22.8 Å². The molecule has 1 fully saturated rings. The van der Waals surface area contributed by atoms with Crippen molar-refractivity contribution in [2.24, 2.45) is 0 Å². The molecule has 0 bridgehead atoms. The summed E-state index contributed by atoms with van der Waals surface area (Å²) in [7, 11) is 0. The van der Waals surface area contributed by atoms with E-state index < -0.39 is 30.5 Å². The van der Waals surface area contributed by atoms with Crippen LogP contribution >= 0.6 is 0 Å². The standard InChI is InChI=1S/C12H19F3N2O3/c1-4-5-8-9(18)16-11(2,3)10(19)17(8)6-7-20-12(13,14)15/h8H,4-7H2,1-3H3,(H,16,18). The molecule has 1 aliphatic rings. The van der Waals surface area contributed by atoms with Crippen molar-refractivity contribution in [1.29, 1.82) is 0 Å². The molecule has 2 amide bonds. The van der Waals surface area contributed by atoms with E-state index in [0.717, 1.165) is 0 Å². The molecular weight excluding hydrogens is 277 g/mol. The summed E-state index contributed by atoms with van der Waals surface area (Å²) in [5.41, 5.74) is -1.11. The van der Waals surface area contributed by atoms with Gasteiger partial charge in [0.2, 0.25) is 11.8 Å². The number of amides is 2. The summed E-state index contributed by atoms with van der Waals surface area (Å²) in [4.78, 5) is 25.3. The third-order valence-electron chi connectivity index (χ3n) is 3.07. The smallest absolute Gasteiger partial charge is 0.340 e. The van der Waals surface area contributed by atoms with Gasteiger partial charge in [-0.1, -0.05) is 13.3 Å². The Hall–Kier alpha value is -1.31. The average Bonchev–Trinajstić information content (AvgIpc) is 2.28. The predicted molar refractivity (Wildman–Crippen MR) is 64.6 cm³/mol. The first kappa shape index (κ1) is 16.7. The van der Waals surface area contributed by atoms with Crippen LogP contribution in [-0.2, 0) is 14.3 Å². The lowest BCUT2D eigenvalue weighted by molar-refractivity contribution is -0.325. The third-order valence-corrected chi connectivity index (χ3v) is 3.07. The molecule has 0 saturated carbocycles. The molecule has 0 aliphatic carbocycles. The van der Waals surface area contributed by atoms with E-state index in [4.69, 9.17) is 0 Å². The van der Waals surface area contributed by atoms with Gasteiger partial charge >= 0.3 is 6.36 Å². The minimum Gasteiger partial charge on any atom is -0.340 e. The average molecular weight is 296 g/mol. The Morgan fingerprint density at radius 3 is 2.45 bits per heavy atom. The summed E-state index contributed by atoms with van der Waals surface area (Å²) in [6.45, 7) is 3.93. The summed E-state index contributed by atoms with van der Waals surface area (Å²) < 4.78 is 39.6. The van der Waals surface area contributed by atoms with Crippen LogP contribution in [0.4, 0.5) is 13.2 Å². The second kappa shape index (κ2) is 5.99. The lowest BCUT2D eigenvalue weighted by Gasteiger charge is -2.42. The molecule has 1 saturated heterocycles. The molecule has 0 aromatic heterocycles. The molecule has 8 heteroatoms. The number of nitrogens with zero attached hydrogens (tertiary/aromatic N) is 1. The van der Waals surface area contributed by atoms with Crippen LogP contribution in [0.5, 0.6) is 0 Å². The molecule has 20 heavy (non-hydrogen) atoms. The van der Waals surface area contributed by atoms with Gasteiger partial charge in [-0.25, -0.2) is 0 Å². The first-order valence-electron chi connectivity index (χ1n) is 6.42. The monoisotopic (exact) mass is 296 g/mol. The van der Waals surface area contributed by atoms with Crippen molar-refractivity contribution in [3.05, 3.63) is 0 Å². The fraction of sp³-hybridized carbons (Fsp3) is 0.833. The minimum atomic E-state index is -4.74. The van der Waals surface area contributed by atoms with Crippen LogP contribution in [0.25, 0.3) is 0 Å². The number of carbonyl (C=O) groups is 2. The van der Waals surface area contributed by atoms with Gasteiger partial charge < -0.3 is 10.2 Å². The van der Waals surface area contributed by atoms with Crippen LogP contribution in [0.15, 0.2) is 0 Å². The highest BCUT2D eigenvalue weighted by atomic mass is 19.4. The molecule has 1 N–H and O–H groups in total. The number of ether oxygens (including phenoxy) is 1. The quantitative estimate of drug-likeness (QED) is 0.835. The maximum atomic E-state index is 12.2. The van der Waals surface area contributed by atoms with Crippen molar-refractivity contribution < 1.29 is 27.5 Å². The molecule has 0 radical (unpaired) electrons. The maximum absolute atomic E-state index is 12.2. The van der Waals surface area contributed by atoms with E-state index in [1.54, 1.807) is 0 Å². The summed E-state index contributed by atoms with van der Waals surface area (Å²) >= 11 is 0. The van der Waals surface area contributed by atoms with E-state index in [1.165, 1.54) is 18.7 Å². The number of hydrogen-bond acceptors (Lipinski definition) is 3. The number of piperazine rings is 1. The molecule has 5 nitrogen and oxygen atoms in total. The van der Waals surface area contributed by atoms with Crippen molar-refractivity contribution in [1.82, 2.24) is 10.2 Å². The molecule has 1 heterocycles. The molecule has 0 aromatic rings. The van der Waals surface area contributed by atoms with E-state index in [-0.39, 0.29) is 12.5 Å². The van der Waals surface area contributed by atoms with Crippen molar-refractivity contribution in [3.8, 4) is 0 Å². The van der Waals surface area contributed by atoms with E-state index in [1.807, 2.05) is 6.92 Å². The van der Waals surface area contributed by atoms with Crippen LogP contribution < -0.4 is 5.32 Å². The van der Waals surface area contributed by atoms with Gasteiger partial charge in [0.05, 0.1) is 6.61 Å². The summed E-state index contributed by atoms with van der Waals surface area (Å²) in [5.74, 6) is -0.746. The van der Waals surface area contributed by atoms with E-state index >= 15 is 0 Å². The Balaban J connectivity index is 2.78. The topological polar surface area (TPSA) is 58.6 Å². The van der Waals surface area contributed by atoms with Crippen molar-refractivity contribution >= 4 is 11.8 Å². The van der Waals surface area contributed by atoms with Crippen LogP contribution in [0.1, 0.15) is 33.6 Å². The fourth-order valence-electron chi connectivity index (χ4n) is 2.16. The van der Waals surface area contributed by atoms with Gasteiger partial charge in [-0.15, -0.1) is 13.2 Å². The van der Waals surface area contributed by atoms with Crippen LogP contribution in [0, 0.1) is 0 Å². The Morgan fingerprint density at radius 1 is 1.35 bits per heavy atom. The van der Waals surface area contributed by atoms with Crippen molar-refractivity contribution in [2.75, 3.05) is 13.2 Å². The summed E-state index contributed by atoms with van der Waals surface area (Å²) in [6, 6.07) is -0.739. The van der Waals surface area contributed by atoms with Gasteiger partial charge in [0, 0.05) is 6.54 Å². The highest BCUT2D eigenvalue weighted by Gasteiger charge is 2.44. The number of hydrogen-bond donors (Lipinski definition) is 1. The Labute approximate surface area is 115 Å². The van der Waals surface area contributed by atoms with Gasteiger partial charge in [-0.3, -0.25) is 14.3 Å². The van der Waals surface area contributed by atoms with Crippen molar-refractivity contribution in [2.45, 2.75) is 51.6 Å². The molecule has 1 atom stereocenters. The Morgan fingerprint density at radius 2 is 1.95 bits per heavy atom. The molecule has 0 spiro atoms. The van der Waals surface area contributed by atoms with Gasteiger partial charge in [-0.2, -0.15) is 0 Å². The summed E-state index contributed by atoms with van der Waals surface area (Å²) in [5, 5.41) is 2.58. The minimum absolute atomic E-state index is 0.264. The third kappa shape index (κ3) is 4.09. The lowest BCUT2D eigenvalue weighted by Crippen LogP contribution is -2.68. The van der Waals surface area contributed by atoms with Crippen LogP contribution in [-0.4, -0.2) is 47.8 Å². The Bertz CT molecular complexity index is 383. The number of carbonyl (C=O) groups excluding carboxylic acids is 2. The zero-order valence-electron chi connectivity index (χ0n) is 11.7. The Kier molecular flexibility index (Phi) is 5.01. The first-order valence-corrected chi connectivity index (χ1v) is 6.42. The SMILES string of the molecule is CCCC1C(=O)NC(C)(C)C(=O)N1CCOC(F)(F)F. The van der Waals surface area contributed by atoms with Gasteiger partial charge in [0.25, 0.3) is 0 Å². The number of rotatable bonds is 5. The normalized spacial score (nSPS) is 22.9. The zero-order chi connectivity index (χ0) is 15.6. The second-order valence-electron chi connectivity index (χ2n) is 5.21. The number of nitrogens with one attached hydrogen (secondary N) is 1. The molecule has 1 rings (SSSR count). The van der Waals surface area contributed by atoms with Gasteiger partial charge in [0.15, 0.2) is 0 Å². The van der Waals surface area contributed by atoms with Crippen molar-refractivity contribution in [3.63, 3.8) is 0 Å². The molecule has 0 aromatic carbocycles. The molecule has 116 valence electrons. The van der Waals surface area contributed by atoms with Gasteiger partial charge in [-0.05, 0) is 20.3 Å². The molecular formula is C12H19F3N2O3. The van der Waals surface area contributed by atoms with E-state index in [0.29, 0.717) is 12.8 Å². The summed E-state index contributed by atoms with van der Waals surface area (Å²) in [6.07, 6.45) is -3.70. The number of alkyl halides is 3. The highest BCUT2D eigenvalue weighted by Crippen LogP contribution is 2.22. The van der Waals surface area contributed by atoms with Crippen LogP contribution in [0.3, 0.4) is 0 Å². The van der Waals surface area contributed by atoms with Crippen LogP contribution in [0.2, 0.25) is 0 Å². The molecule has 1 aliphatic heterocycles. The first-order chi connectivity index (χ1) is 9.08. The predicted octanol–water partition coefficient (Wildman–Crippen LogP) is 1.43. The van der Waals surface area contributed by atoms with Gasteiger partial charge in [0.1, 0.15) is 11.6 Å². The second-order valence-corrected chi connectivity index (χ2v) is 5.21. The lowest BCUT2D eigenvalue weighted by atomic mass is 9.95. The zero-order valence-corrected chi connectivity index (χ0v) is 11.7.